The number of nitrogens with zero attached hydrogens (tertiary/aromatic N) is 3. The molecule has 2 rings (SSSR count). The number of hydrogen-bond acceptors (Lipinski definition) is 5. The first-order valence-electron chi connectivity index (χ1n) is 3.83. The number of aromatic nitrogens is 3. The van der Waals surface area contributed by atoms with Crippen LogP contribution in [0.5, 0.6) is 0 Å². The Labute approximate surface area is 98.3 Å². The third-order valence-corrected chi connectivity index (χ3v) is 4.02. The van der Waals surface area contributed by atoms with Gasteiger partial charge in [0, 0.05) is 4.47 Å². The van der Waals surface area contributed by atoms with Crippen molar-refractivity contribution in [2.24, 2.45) is 0 Å². The molecule has 0 fully saturated rings. The molecular weight excluding hydrogens is 282 g/mol. The van der Waals surface area contributed by atoms with Gasteiger partial charge in [0.15, 0.2) is 4.34 Å². The average Bonchev–Trinajstić information content (AvgIpc) is 2.64. The Morgan fingerprint density at radius 3 is 2.93 bits per heavy atom. The first-order valence-corrected chi connectivity index (χ1v) is 6.21. The van der Waals surface area contributed by atoms with Gasteiger partial charge in [0.25, 0.3) is 0 Å². The van der Waals surface area contributed by atoms with E-state index in [1.165, 1.54) is 23.3 Å². The second kappa shape index (κ2) is 4.37. The van der Waals surface area contributed by atoms with Crippen molar-refractivity contribution in [2.75, 3.05) is 0 Å². The van der Waals surface area contributed by atoms with Gasteiger partial charge in [-0.15, -0.1) is 0 Å². The Morgan fingerprint density at radius 1 is 1.43 bits per heavy atom. The molecule has 2 aromatic heterocycles. The van der Waals surface area contributed by atoms with Crippen LogP contribution in [0.25, 0.3) is 0 Å². The Kier molecular flexibility index (Phi) is 3.15. The van der Waals surface area contributed by atoms with Gasteiger partial charge in [0.2, 0.25) is 0 Å². The van der Waals surface area contributed by atoms with Crippen LogP contribution in [0, 0.1) is 6.92 Å². The van der Waals surface area contributed by atoms with E-state index in [0.717, 1.165) is 19.5 Å². The van der Waals surface area contributed by atoms with E-state index in [2.05, 4.69) is 30.3 Å². The van der Waals surface area contributed by atoms with E-state index in [0.29, 0.717) is 0 Å². The van der Waals surface area contributed by atoms with Gasteiger partial charge in [-0.25, -0.2) is 9.97 Å². The molecule has 2 heterocycles. The molecule has 0 unspecified atom stereocenters. The lowest BCUT2D eigenvalue weighted by atomic mass is 10.4. The second-order valence-electron chi connectivity index (χ2n) is 2.53. The van der Waals surface area contributed by atoms with Gasteiger partial charge < -0.3 is 0 Å². The highest BCUT2D eigenvalue weighted by Crippen LogP contribution is 2.28. The quantitative estimate of drug-likeness (QED) is 0.851. The molecule has 0 saturated carbocycles. The van der Waals surface area contributed by atoms with Gasteiger partial charge in [0.05, 0.1) is 5.69 Å². The third-order valence-electron chi connectivity index (χ3n) is 1.53. The van der Waals surface area contributed by atoms with E-state index in [4.69, 9.17) is 0 Å². The number of hydrogen-bond donors (Lipinski definition) is 0. The van der Waals surface area contributed by atoms with Gasteiger partial charge >= 0.3 is 0 Å². The van der Waals surface area contributed by atoms with Crippen LogP contribution < -0.4 is 0 Å². The van der Waals surface area contributed by atoms with E-state index >= 15 is 0 Å². The van der Waals surface area contributed by atoms with E-state index in [-0.39, 0.29) is 0 Å². The molecule has 14 heavy (non-hydrogen) atoms. The molecule has 0 atom stereocenters. The molecule has 0 aliphatic carbocycles. The Bertz CT molecular complexity index is 430. The van der Waals surface area contributed by atoms with Gasteiger partial charge in [-0.05, 0) is 58.3 Å². The lowest BCUT2D eigenvalue weighted by molar-refractivity contribution is 1.05. The van der Waals surface area contributed by atoms with Crippen LogP contribution in [0.2, 0.25) is 0 Å². The molecule has 3 nitrogen and oxygen atoms in total. The van der Waals surface area contributed by atoms with E-state index in [1.807, 2.05) is 19.1 Å². The Hall–Kier alpha value is -0.460. The summed E-state index contributed by atoms with van der Waals surface area (Å²) in [4.78, 5) is 8.48. The van der Waals surface area contributed by atoms with Crippen LogP contribution in [0.1, 0.15) is 5.69 Å². The van der Waals surface area contributed by atoms with Crippen molar-refractivity contribution in [3.8, 4) is 0 Å². The number of aryl methyl sites for hydroxylation is 1. The van der Waals surface area contributed by atoms with E-state index in [9.17, 15) is 0 Å². The molecule has 6 heteroatoms. The largest absolute Gasteiger partial charge is 0.245 e. The molecule has 0 N–H and O–H groups in total. The predicted octanol–water partition coefficient (Wildman–Crippen LogP) is 3.16. The zero-order chi connectivity index (χ0) is 9.97. The minimum Gasteiger partial charge on any atom is -0.245 e. The maximum atomic E-state index is 4.40. The summed E-state index contributed by atoms with van der Waals surface area (Å²) >= 11 is 6.32. The Morgan fingerprint density at radius 2 is 2.29 bits per heavy atom. The number of halogens is 1. The molecule has 0 saturated heterocycles. The topological polar surface area (TPSA) is 38.7 Å². The summed E-state index contributed by atoms with van der Waals surface area (Å²) in [7, 11) is 0. The van der Waals surface area contributed by atoms with Gasteiger partial charge in [0.1, 0.15) is 11.4 Å². The van der Waals surface area contributed by atoms with Crippen molar-refractivity contribution in [2.45, 2.75) is 16.3 Å². The summed E-state index contributed by atoms with van der Waals surface area (Å²) in [5.74, 6) is 0. The first kappa shape index (κ1) is 10.1. The summed E-state index contributed by atoms with van der Waals surface area (Å²) in [6.45, 7) is 1.97. The third kappa shape index (κ3) is 2.31. The molecular formula is C8H6BrN3S2. The van der Waals surface area contributed by atoms with Crippen LogP contribution in [0.4, 0.5) is 0 Å². The summed E-state index contributed by atoms with van der Waals surface area (Å²) in [5, 5.41) is 0.947. The predicted molar refractivity (Wildman–Crippen MR) is 60.7 cm³/mol. The van der Waals surface area contributed by atoms with Gasteiger partial charge in [-0.1, -0.05) is 0 Å². The molecule has 0 amide bonds. The molecule has 0 radical (unpaired) electrons. The minimum absolute atomic E-state index is 0.916. The van der Waals surface area contributed by atoms with Gasteiger partial charge in [-0.3, -0.25) is 0 Å². The van der Waals surface area contributed by atoms with Crippen molar-refractivity contribution in [1.29, 1.82) is 0 Å². The summed E-state index contributed by atoms with van der Waals surface area (Å²) in [6.07, 6.45) is 1.55. The first-order chi connectivity index (χ1) is 6.75. The molecule has 2 aromatic rings. The SMILES string of the molecule is Cc1nc(Sc2ncns2)ccc1Br. The van der Waals surface area contributed by atoms with Crippen LogP contribution in [-0.4, -0.2) is 14.3 Å². The van der Waals surface area contributed by atoms with Crippen LogP contribution >= 0.6 is 39.2 Å². The minimum atomic E-state index is 0.916. The summed E-state index contributed by atoms with van der Waals surface area (Å²) in [6, 6.07) is 3.95. The summed E-state index contributed by atoms with van der Waals surface area (Å²) < 4.78 is 5.87. The van der Waals surface area contributed by atoms with Crippen molar-refractivity contribution in [1.82, 2.24) is 14.3 Å². The van der Waals surface area contributed by atoms with Crippen LogP contribution in [0.15, 0.2) is 32.3 Å². The molecule has 0 bridgehead atoms. The second-order valence-corrected chi connectivity index (χ2v) is 5.43. The smallest absolute Gasteiger partial charge is 0.175 e. The standard InChI is InChI=1S/C8H6BrN3S2/c1-5-6(9)2-3-7(12-5)13-8-10-4-11-14-8/h2-4H,1H3. The van der Waals surface area contributed by atoms with Crippen molar-refractivity contribution in [3.05, 3.63) is 28.6 Å². The fourth-order valence-electron chi connectivity index (χ4n) is 0.875. The molecule has 0 spiro atoms. The average molecular weight is 288 g/mol. The zero-order valence-corrected chi connectivity index (χ0v) is 10.5. The number of pyridine rings is 1. The van der Waals surface area contributed by atoms with Gasteiger partial charge in [-0.2, -0.15) is 4.37 Å². The fourth-order valence-corrected chi connectivity index (χ4v) is 2.51. The normalized spacial score (nSPS) is 10.4. The Balaban J connectivity index is 2.22. The maximum Gasteiger partial charge on any atom is 0.175 e. The molecule has 0 aliphatic rings. The van der Waals surface area contributed by atoms with E-state index in [1.54, 1.807) is 6.33 Å². The number of rotatable bonds is 2. The maximum absolute atomic E-state index is 4.40. The van der Waals surface area contributed by atoms with E-state index < -0.39 is 0 Å². The molecule has 72 valence electrons. The molecule has 0 aromatic carbocycles. The van der Waals surface area contributed by atoms with Crippen LogP contribution in [-0.2, 0) is 0 Å². The lowest BCUT2D eigenvalue weighted by Crippen LogP contribution is -1.85. The highest BCUT2D eigenvalue weighted by Gasteiger charge is 2.03. The fraction of sp³-hybridized carbons (Fsp3) is 0.125. The lowest BCUT2D eigenvalue weighted by Gasteiger charge is -1.99. The monoisotopic (exact) mass is 287 g/mol. The van der Waals surface area contributed by atoms with Crippen molar-refractivity contribution < 1.29 is 0 Å². The highest BCUT2D eigenvalue weighted by atomic mass is 79.9. The van der Waals surface area contributed by atoms with Crippen molar-refractivity contribution >= 4 is 39.2 Å². The highest BCUT2D eigenvalue weighted by molar-refractivity contribution is 9.10. The van der Waals surface area contributed by atoms with Crippen LogP contribution in [0.3, 0.4) is 0 Å². The van der Waals surface area contributed by atoms with Crippen molar-refractivity contribution in [3.63, 3.8) is 0 Å². The zero-order valence-electron chi connectivity index (χ0n) is 7.27. The summed E-state index contributed by atoms with van der Waals surface area (Å²) in [5.41, 5.74) is 0.986. The molecule has 0 aliphatic heterocycles.